The third-order valence-electron chi connectivity index (χ3n) is 8.77. The van der Waals surface area contributed by atoms with E-state index in [2.05, 4.69) is 29.6 Å². The van der Waals surface area contributed by atoms with Gasteiger partial charge in [0.25, 0.3) is 0 Å². The molecule has 2 aromatic rings. The summed E-state index contributed by atoms with van der Waals surface area (Å²) < 4.78 is 5.73. The number of carbonyl (C=O) groups excluding carboxylic acids is 2. The van der Waals surface area contributed by atoms with Crippen molar-refractivity contribution in [3.8, 4) is 11.1 Å². The maximum atomic E-state index is 13.8. The molecule has 2 aliphatic heterocycles. The van der Waals surface area contributed by atoms with Gasteiger partial charge in [0.05, 0.1) is 0 Å². The molecule has 3 fully saturated rings. The molecule has 2 aliphatic carbocycles. The van der Waals surface area contributed by atoms with E-state index in [1.54, 1.807) is 11.8 Å². The van der Waals surface area contributed by atoms with Gasteiger partial charge in [-0.3, -0.25) is 4.79 Å². The summed E-state index contributed by atoms with van der Waals surface area (Å²) in [5, 5.41) is 12.9. The number of hydrogen-bond donors (Lipinski definition) is 2. The van der Waals surface area contributed by atoms with E-state index in [0.29, 0.717) is 25.7 Å². The summed E-state index contributed by atoms with van der Waals surface area (Å²) in [5.74, 6) is -1.30. The minimum Gasteiger partial charge on any atom is -0.479 e. The molecule has 0 spiro atoms. The van der Waals surface area contributed by atoms with Gasteiger partial charge in [-0.2, -0.15) is 0 Å². The van der Waals surface area contributed by atoms with Crippen molar-refractivity contribution in [1.82, 2.24) is 10.2 Å². The second-order valence-electron chi connectivity index (χ2n) is 10.7. The molecule has 7 heteroatoms. The molecular weight excluding hydrogens is 444 g/mol. The van der Waals surface area contributed by atoms with Gasteiger partial charge in [0.15, 0.2) is 0 Å². The van der Waals surface area contributed by atoms with Crippen molar-refractivity contribution in [1.29, 1.82) is 0 Å². The Morgan fingerprint density at radius 3 is 2.11 bits per heavy atom. The van der Waals surface area contributed by atoms with Crippen LogP contribution in [0.4, 0.5) is 4.79 Å². The van der Waals surface area contributed by atoms with Crippen LogP contribution >= 0.6 is 0 Å². The largest absolute Gasteiger partial charge is 0.479 e. The summed E-state index contributed by atoms with van der Waals surface area (Å²) >= 11 is 0. The number of rotatable bonds is 6. The van der Waals surface area contributed by atoms with Crippen molar-refractivity contribution in [2.45, 2.75) is 68.5 Å². The van der Waals surface area contributed by atoms with E-state index in [9.17, 15) is 19.5 Å². The standard InChI is InChI=1S/C28H30N2O5/c1-27(17-10-11-17,24(31)30-18-12-14-28(30,15-13-18)25(32)33)29-26(34)35-16-23-21-8-4-2-6-19(21)20-7-3-5-9-22(20)23/h2-9,17-18,23H,10-16H2,1H3,(H,29,34)(H,32,33). The second kappa shape index (κ2) is 7.83. The van der Waals surface area contributed by atoms with Gasteiger partial charge in [0.1, 0.15) is 17.7 Å². The molecule has 4 aliphatic rings. The zero-order chi connectivity index (χ0) is 24.4. The van der Waals surface area contributed by atoms with Gasteiger partial charge in [0.2, 0.25) is 5.91 Å². The number of amides is 2. The van der Waals surface area contributed by atoms with E-state index in [-0.39, 0.29) is 30.4 Å². The summed E-state index contributed by atoms with van der Waals surface area (Å²) in [7, 11) is 0. The molecule has 0 aromatic heterocycles. The van der Waals surface area contributed by atoms with Crippen molar-refractivity contribution >= 4 is 18.0 Å². The Hall–Kier alpha value is -3.35. The van der Waals surface area contributed by atoms with Crippen LogP contribution in [0.3, 0.4) is 0 Å². The lowest BCUT2D eigenvalue weighted by molar-refractivity contribution is -0.158. The topological polar surface area (TPSA) is 95.9 Å². The molecule has 2 aromatic carbocycles. The monoisotopic (exact) mass is 474 g/mol. The summed E-state index contributed by atoms with van der Waals surface area (Å²) in [5.41, 5.74) is 2.24. The number of carboxylic acid groups (broad SMARTS) is 1. The molecular formula is C28H30N2O5. The normalized spacial score (nSPS) is 26.1. The van der Waals surface area contributed by atoms with Gasteiger partial charge in [-0.1, -0.05) is 48.5 Å². The second-order valence-corrected chi connectivity index (χ2v) is 10.7. The Morgan fingerprint density at radius 1 is 1.00 bits per heavy atom. The molecule has 2 heterocycles. The van der Waals surface area contributed by atoms with E-state index in [0.717, 1.165) is 35.1 Å². The molecule has 0 radical (unpaired) electrons. The third-order valence-corrected chi connectivity index (χ3v) is 8.77. The van der Waals surface area contributed by atoms with Gasteiger partial charge in [-0.15, -0.1) is 0 Å². The Morgan fingerprint density at radius 2 is 1.57 bits per heavy atom. The highest BCUT2D eigenvalue weighted by atomic mass is 16.5. The van der Waals surface area contributed by atoms with Crippen LogP contribution in [0.5, 0.6) is 0 Å². The summed E-state index contributed by atoms with van der Waals surface area (Å²) in [6.45, 7) is 1.90. The summed E-state index contributed by atoms with van der Waals surface area (Å²) in [6.07, 6.45) is 3.36. The number of hydrogen-bond acceptors (Lipinski definition) is 4. The molecule has 1 saturated carbocycles. The first-order valence-corrected chi connectivity index (χ1v) is 12.6. The molecule has 1 unspecified atom stereocenters. The number of fused-ring (bicyclic) bond motifs is 5. The van der Waals surface area contributed by atoms with E-state index in [4.69, 9.17) is 4.74 Å². The molecule has 2 amide bonds. The Labute approximate surface area is 204 Å². The first-order chi connectivity index (χ1) is 16.8. The lowest BCUT2D eigenvalue weighted by atomic mass is 9.87. The van der Waals surface area contributed by atoms with Crippen molar-refractivity contribution in [3.63, 3.8) is 0 Å². The van der Waals surface area contributed by atoms with Crippen LogP contribution in [-0.4, -0.2) is 51.7 Å². The number of nitrogens with zero attached hydrogens (tertiary/aromatic N) is 1. The molecule has 6 rings (SSSR count). The lowest BCUT2D eigenvalue weighted by Crippen LogP contribution is -2.64. The molecule has 2 N–H and O–H groups in total. The molecule has 35 heavy (non-hydrogen) atoms. The van der Waals surface area contributed by atoms with Crippen LogP contribution in [0.15, 0.2) is 48.5 Å². The first kappa shape index (κ1) is 22.1. The highest BCUT2D eigenvalue weighted by Gasteiger charge is 2.63. The SMILES string of the molecule is CC(NC(=O)OCC1c2ccccc2-c2ccccc21)(C(=O)N1C2CCC1(C(=O)O)CC2)C1CC1. The van der Waals surface area contributed by atoms with Crippen molar-refractivity contribution in [2.75, 3.05) is 6.61 Å². The van der Waals surface area contributed by atoms with Gasteiger partial charge in [-0.25, -0.2) is 9.59 Å². The molecule has 7 nitrogen and oxygen atoms in total. The Balaban J connectivity index is 1.20. The smallest absolute Gasteiger partial charge is 0.408 e. The zero-order valence-corrected chi connectivity index (χ0v) is 19.8. The number of benzene rings is 2. The Kier molecular flexibility index (Phi) is 4.95. The molecule has 1 atom stereocenters. The number of carboxylic acids is 1. The number of aliphatic carboxylic acids is 1. The van der Waals surface area contributed by atoms with Crippen LogP contribution in [-0.2, 0) is 14.3 Å². The number of carbonyl (C=O) groups is 3. The van der Waals surface area contributed by atoms with Gasteiger partial charge in [-0.05, 0) is 73.6 Å². The Bertz CT molecular complexity index is 1170. The molecule has 2 bridgehead atoms. The average molecular weight is 475 g/mol. The fourth-order valence-corrected chi connectivity index (χ4v) is 6.69. The van der Waals surface area contributed by atoms with E-state index < -0.39 is 23.1 Å². The minimum atomic E-state index is -1.17. The van der Waals surface area contributed by atoms with Crippen molar-refractivity contribution in [3.05, 3.63) is 59.7 Å². The van der Waals surface area contributed by atoms with Crippen LogP contribution in [0.25, 0.3) is 11.1 Å². The number of alkyl carbamates (subject to hydrolysis) is 1. The van der Waals surface area contributed by atoms with Crippen LogP contribution < -0.4 is 5.32 Å². The predicted molar refractivity (Wildman–Crippen MR) is 129 cm³/mol. The van der Waals surface area contributed by atoms with Crippen molar-refractivity contribution in [2.24, 2.45) is 5.92 Å². The van der Waals surface area contributed by atoms with Gasteiger partial charge < -0.3 is 20.1 Å². The van der Waals surface area contributed by atoms with Gasteiger partial charge in [0, 0.05) is 12.0 Å². The lowest BCUT2D eigenvalue weighted by Gasteiger charge is -2.39. The third kappa shape index (κ3) is 3.27. The minimum absolute atomic E-state index is 0.0127. The number of nitrogens with one attached hydrogen (secondary N) is 1. The fourth-order valence-electron chi connectivity index (χ4n) is 6.69. The zero-order valence-electron chi connectivity index (χ0n) is 19.8. The maximum absolute atomic E-state index is 13.8. The fraction of sp³-hybridized carbons (Fsp3) is 0.464. The maximum Gasteiger partial charge on any atom is 0.408 e. The summed E-state index contributed by atoms with van der Waals surface area (Å²) in [6, 6.07) is 16.2. The highest BCUT2D eigenvalue weighted by molar-refractivity contribution is 5.96. The van der Waals surface area contributed by atoms with E-state index >= 15 is 0 Å². The van der Waals surface area contributed by atoms with Crippen molar-refractivity contribution < 1.29 is 24.2 Å². The summed E-state index contributed by atoms with van der Waals surface area (Å²) in [4.78, 5) is 40.7. The first-order valence-electron chi connectivity index (χ1n) is 12.6. The number of ether oxygens (including phenoxy) is 1. The van der Waals surface area contributed by atoms with Crippen LogP contribution in [0, 0.1) is 5.92 Å². The quantitative estimate of drug-likeness (QED) is 0.651. The van der Waals surface area contributed by atoms with Crippen LogP contribution in [0.2, 0.25) is 0 Å². The van der Waals surface area contributed by atoms with E-state index in [1.807, 2.05) is 24.3 Å². The highest BCUT2D eigenvalue weighted by Crippen LogP contribution is 2.50. The molecule has 2 saturated heterocycles. The average Bonchev–Trinajstić information content (AvgIpc) is 3.48. The van der Waals surface area contributed by atoms with Crippen LogP contribution in [0.1, 0.15) is 62.5 Å². The molecule has 182 valence electrons. The van der Waals surface area contributed by atoms with E-state index in [1.165, 1.54) is 0 Å². The predicted octanol–water partition coefficient (Wildman–Crippen LogP) is 4.30. The van der Waals surface area contributed by atoms with Gasteiger partial charge >= 0.3 is 12.1 Å².